The van der Waals surface area contributed by atoms with Crippen molar-refractivity contribution in [3.05, 3.63) is 36.9 Å². The molecule has 0 saturated heterocycles. The van der Waals surface area contributed by atoms with E-state index in [9.17, 15) is 0 Å². The molecular formula is C9H7NO. The minimum Gasteiger partial charge on any atom is -0.462 e. The largest absolute Gasteiger partial charge is 0.462 e. The maximum absolute atomic E-state index is 5.21. The van der Waals surface area contributed by atoms with Gasteiger partial charge < -0.3 is 4.42 Å². The molecule has 0 atom stereocenters. The Hall–Kier alpha value is -1.57. The molecule has 0 aliphatic heterocycles. The normalized spacial score (nSPS) is 10.2. The second kappa shape index (κ2) is 2.23. The van der Waals surface area contributed by atoms with Crippen molar-refractivity contribution in [2.45, 2.75) is 0 Å². The molecule has 0 spiro atoms. The van der Waals surface area contributed by atoms with Gasteiger partial charge >= 0.3 is 0 Å². The molecule has 2 nitrogen and oxygen atoms in total. The van der Waals surface area contributed by atoms with E-state index in [-0.39, 0.29) is 0 Å². The van der Waals surface area contributed by atoms with Gasteiger partial charge in [0.2, 0.25) is 0 Å². The summed E-state index contributed by atoms with van der Waals surface area (Å²) in [5, 5.41) is 1.06. The van der Waals surface area contributed by atoms with Gasteiger partial charge in [-0.1, -0.05) is 6.58 Å². The van der Waals surface area contributed by atoms with E-state index < -0.39 is 0 Å². The number of hydrogen-bond donors (Lipinski definition) is 0. The van der Waals surface area contributed by atoms with Crippen LogP contribution < -0.4 is 0 Å². The first-order chi connectivity index (χ1) is 5.42. The Kier molecular flexibility index (Phi) is 1.25. The van der Waals surface area contributed by atoms with Gasteiger partial charge in [0.05, 0.1) is 6.26 Å². The first-order valence-corrected chi connectivity index (χ1v) is 3.36. The molecule has 0 aromatic carbocycles. The summed E-state index contributed by atoms with van der Waals surface area (Å²) in [7, 11) is 0. The lowest BCUT2D eigenvalue weighted by Crippen LogP contribution is -1.77. The Labute approximate surface area is 64.2 Å². The molecule has 2 rings (SSSR count). The van der Waals surface area contributed by atoms with Gasteiger partial charge in [0.1, 0.15) is 5.69 Å². The predicted octanol–water partition coefficient (Wildman–Crippen LogP) is 2.47. The minimum atomic E-state index is 0.799. The predicted molar refractivity (Wildman–Crippen MR) is 44.1 cm³/mol. The van der Waals surface area contributed by atoms with Crippen LogP contribution in [0.25, 0.3) is 17.0 Å². The number of rotatable bonds is 1. The van der Waals surface area contributed by atoms with Crippen LogP contribution in [0.2, 0.25) is 0 Å². The van der Waals surface area contributed by atoms with E-state index in [0.717, 1.165) is 16.7 Å². The number of furan rings is 1. The first-order valence-electron chi connectivity index (χ1n) is 3.36. The van der Waals surface area contributed by atoms with E-state index in [4.69, 9.17) is 4.42 Å². The van der Waals surface area contributed by atoms with E-state index in [2.05, 4.69) is 11.6 Å². The molecule has 11 heavy (non-hydrogen) atoms. The van der Waals surface area contributed by atoms with Crippen molar-refractivity contribution >= 4 is 17.0 Å². The van der Waals surface area contributed by atoms with Crippen molar-refractivity contribution in [2.24, 2.45) is 0 Å². The SMILES string of the molecule is C=Cc1nccc2ccoc12. The van der Waals surface area contributed by atoms with E-state index >= 15 is 0 Å². The highest BCUT2D eigenvalue weighted by atomic mass is 16.3. The van der Waals surface area contributed by atoms with Gasteiger partial charge in [-0.05, 0) is 18.2 Å². The molecule has 0 bridgehead atoms. The van der Waals surface area contributed by atoms with Gasteiger partial charge in [0.25, 0.3) is 0 Å². The van der Waals surface area contributed by atoms with Crippen LogP contribution in [0.1, 0.15) is 5.69 Å². The zero-order valence-corrected chi connectivity index (χ0v) is 5.95. The second-order valence-corrected chi connectivity index (χ2v) is 2.24. The topological polar surface area (TPSA) is 26.0 Å². The quantitative estimate of drug-likeness (QED) is 0.616. The van der Waals surface area contributed by atoms with Crippen LogP contribution in [0.4, 0.5) is 0 Å². The maximum Gasteiger partial charge on any atom is 0.159 e. The van der Waals surface area contributed by atoms with Crippen molar-refractivity contribution in [2.75, 3.05) is 0 Å². The lowest BCUT2D eigenvalue weighted by Gasteiger charge is -1.91. The highest BCUT2D eigenvalue weighted by Gasteiger charge is 1.99. The smallest absolute Gasteiger partial charge is 0.159 e. The molecule has 2 heterocycles. The van der Waals surface area contributed by atoms with Crippen LogP contribution in [0.5, 0.6) is 0 Å². The monoisotopic (exact) mass is 145 g/mol. The second-order valence-electron chi connectivity index (χ2n) is 2.24. The Morgan fingerprint density at radius 1 is 1.45 bits per heavy atom. The number of aromatic nitrogens is 1. The van der Waals surface area contributed by atoms with Gasteiger partial charge in [-0.2, -0.15) is 0 Å². The van der Waals surface area contributed by atoms with Gasteiger partial charge in [0.15, 0.2) is 5.58 Å². The Morgan fingerprint density at radius 2 is 2.36 bits per heavy atom. The van der Waals surface area contributed by atoms with Crippen molar-refractivity contribution in [3.8, 4) is 0 Å². The number of nitrogens with zero attached hydrogens (tertiary/aromatic N) is 1. The molecule has 0 N–H and O–H groups in total. The Balaban J connectivity index is 2.88. The average molecular weight is 145 g/mol. The molecule has 2 heteroatoms. The standard InChI is InChI=1S/C9H7NO/c1-2-8-9-7(3-5-10-8)4-6-11-9/h2-6H,1H2. The van der Waals surface area contributed by atoms with E-state index in [1.165, 1.54) is 0 Å². The summed E-state index contributed by atoms with van der Waals surface area (Å²) >= 11 is 0. The minimum absolute atomic E-state index is 0.799. The summed E-state index contributed by atoms with van der Waals surface area (Å²) in [5.74, 6) is 0. The third-order valence-corrected chi connectivity index (χ3v) is 1.59. The van der Waals surface area contributed by atoms with Crippen LogP contribution in [-0.2, 0) is 0 Å². The van der Waals surface area contributed by atoms with Gasteiger partial charge in [-0.3, -0.25) is 4.98 Å². The molecule has 0 saturated carbocycles. The molecule has 0 radical (unpaired) electrons. The molecule has 0 unspecified atom stereocenters. The van der Waals surface area contributed by atoms with Gasteiger partial charge in [-0.15, -0.1) is 0 Å². The molecule has 0 aliphatic carbocycles. The maximum atomic E-state index is 5.21. The highest BCUT2D eigenvalue weighted by Crippen LogP contribution is 2.17. The fourth-order valence-electron chi connectivity index (χ4n) is 1.06. The number of pyridine rings is 1. The average Bonchev–Trinajstić information content (AvgIpc) is 2.50. The van der Waals surface area contributed by atoms with Crippen molar-refractivity contribution in [1.82, 2.24) is 4.98 Å². The zero-order valence-electron chi connectivity index (χ0n) is 5.95. The summed E-state index contributed by atoms with van der Waals surface area (Å²) in [6, 6.07) is 3.82. The molecule has 0 aliphatic rings. The molecule has 0 amide bonds. The Morgan fingerprint density at radius 3 is 3.18 bits per heavy atom. The van der Waals surface area contributed by atoms with Crippen molar-refractivity contribution in [3.63, 3.8) is 0 Å². The summed E-state index contributed by atoms with van der Waals surface area (Å²) in [6.45, 7) is 3.64. The number of fused-ring (bicyclic) bond motifs is 1. The van der Waals surface area contributed by atoms with Gasteiger partial charge in [0, 0.05) is 11.6 Å². The van der Waals surface area contributed by atoms with Crippen LogP contribution >= 0.6 is 0 Å². The molecule has 0 fully saturated rings. The lowest BCUT2D eigenvalue weighted by molar-refractivity contribution is 0.613. The summed E-state index contributed by atoms with van der Waals surface area (Å²) in [4.78, 5) is 4.09. The molecule has 2 aromatic rings. The van der Waals surface area contributed by atoms with E-state index in [0.29, 0.717) is 0 Å². The zero-order chi connectivity index (χ0) is 7.68. The van der Waals surface area contributed by atoms with E-state index in [1.807, 2.05) is 12.1 Å². The fourth-order valence-corrected chi connectivity index (χ4v) is 1.06. The van der Waals surface area contributed by atoms with E-state index in [1.54, 1.807) is 18.5 Å². The molecule has 54 valence electrons. The molecule has 2 aromatic heterocycles. The summed E-state index contributed by atoms with van der Waals surface area (Å²) in [5.41, 5.74) is 1.61. The third kappa shape index (κ3) is 0.835. The molecular weight excluding hydrogens is 138 g/mol. The van der Waals surface area contributed by atoms with Crippen LogP contribution in [0.15, 0.2) is 35.6 Å². The Bertz CT molecular complexity index is 389. The first kappa shape index (κ1) is 6.16. The third-order valence-electron chi connectivity index (χ3n) is 1.59. The number of hydrogen-bond acceptors (Lipinski definition) is 2. The van der Waals surface area contributed by atoms with Crippen LogP contribution in [0, 0.1) is 0 Å². The summed E-state index contributed by atoms with van der Waals surface area (Å²) < 4.78 is 5.21. The highest BCUT2D eigenvalue weighted by molar-refractivity contribution is 5.83. The summed E-state index contributed by atoms with van der Waals surface area (Å²) in [6.07, 6.45) is 5.08. The van der Waals surface area contributed by atoms with Gasteiger partial charge in [-0.25, -0.2) is 0 Å². The fraction of sp³-hybridized carbons (Fsp3) is 0. The van der Waals surface area contributed by atoms with Crippen molar-refractivity contribution < 1.29 is 4.42 Å². The van der Waals surface area contributed by atoms with Crippen LogP contribution in [-0.4, -0.2) is 4.98 Å². The van der Waals surface area contributed by atoms with Crippen LogP contribution in [0.3, 0.4) is 0 Å². The lowest BCUT2D eigenvalue weighted by atomic mass is 10.2. The van der Waals surface area contributed by atoms with Crippen molar-refractivity contribution in [1.29, 1.82) is 0 Å².